The van der Waals surface area contributed by atoms with Gasteiger partial charge in [0.2, 0.25) is 5.91 Å². The Balaban J connectivity index is 1.98. The fraction of sp³-hybridized carbons (Fsp3) is 0.533. The van der Waals surface area contributed by atoms with Crippen LogP contribution < -0.4 is 5.32 Å². The van der Waals surface area contributed by atoms with Gasteiger partial charge in [-0.3, -0.25) is 10.1 Å². The minimum Gasteiger partial charge on any atom is -0.387 e. The second-order valence-electron chi connectivity index (χ2n) is 5.08. The zero-order valence-corrected chi connectivity index (χ0v) is 12.8. The smallest absolute Gasteiger partial charge is 0.240 e. The van der Waals surface area contributed by atoms with Gasteiger partial charge in [-0.2, -0.15) is 0 Å². The molecule has 0 radical (unpaired) electrons. The summed E-state index contributed by atoms with van der Waals surface area (Å²) in [5.41, 5.74) is 2.02. The fourth-order valence-corrected chi connectivity index (χ4v) is 3.18. The standard InChI is InChI=1S/C15H22N2O2S/c1-3-17(15(19)13-9-20-10-16-13)8-14(18)12-6-4-11(2)5-7-12/h4-7,13-14,16,18H,3,8-10H2,1-2H3. The Morgan fingerprint density at radius 3 is 2.75 bits per heavy atom. The second-order valence-corrected chi connectivity index (χ2v) is 6.11. The van der Waals surface area contributed by atoms with Crippen LogP contribution in [0.2, 0.25) is 0 Å². The van der Waals surface area contributed by atoms with Gasteiger partial charge in [-0.05, 0) is 19.4 Å². The molecule has 5 heteroatoms. The first-order valence-electron chi connectivity index (χ1n) is 6.96. The number of aliphatic hydroxyl groups excluding tert-OH is 1. The Morgan fingerprint density at radius 1 is 1.50 bits per heavy atom. The van der Waals surface area contributed by atoms with Gasteiger partial charge < -0.3 is 10.0 Å². The Hall–Kier alpha value is -1.04. The minimum atomic E-state index is -0.631. The number of nitrogens with zero attached hydrogens (tertiary/aromatic N) is 1. The van der Waals surface area contributed by atoms with Crippen molar-refractivity contribution in [1.82, 2.24) is 10.2 Å². The van der Waals surface area contributed by atoms with Crippen molar-refractivity contribution >= 4 is 17.7 Å². The van der Waals surface area contributed by atoms with E-state index in [9.17, 15) is 9.90 Å². The molecule has 0 spiro atoms. The highest BCUT2D eigenvalue weighted by atomic mass is 32.2. The van der Waals surface area contributed by atoms with Gasteiger partial charge in [-0.1, -0.05) is 29.8 Å². The van der Waals surface area contributed by atoms with E-state index in [1.807, 2.05) is 38.1 Å². The van der Waals surface area contributed by atoms with E-state index in [2.05, 4.69) is 5.32 Å². The molecule has 0 saturated carbocycles. The van der Waals surface area contributed by atoms with Crippen LogP contribution in [0.3, 0.4) is 0 Å². The zero-order valence-electron chi connectivity index (χ0n) is 12.0. The van der Waals surface area contributed by atoms with Crippen LogP contribution in [-0.2, 0) is 4.79 Å². The molecule has 110 valence electrons. The van der Waals surface area contributed by atoms with Crippen LogP contribution in [0.1, 0.15) is 24.2 Å². The molecule has 4 nitrogen and oxygen atoms in total. The molecule has 1 fully saturated rings. The lowest BCUT2D eigenvalue weighted by molar-refractivity contribution is -0.133. The number of aliphatic hydroxyl groups is 1. The number of nitrogens with one attached hydrogen (secondary N) is 1. The number of carbonyl (C=O) groups excluding carboxylic acids is 1. The SMILES string of the molecule is CCN(CC(O)c1ccc(C)cc1)C(=O)C1CSCN1. The molecule has 1 heterocycles. The van der Waals surface area contributed by atoms with Gasteiger partial charge in [0.05, 0.1) is 18.7 Å². The van der Waals surface area contributed by atoms with E-state index in [1.54, 1.807) is 16.7 Å². The van der Waals surface area contributed by atoms with Crippen LogP contribution in [0.4, 0.5) is 0 Å². The van der Waals surface area contributed by atoms with Gasteiger partial charge in [-0.15, -0.1) is 11.8 Å². The fourth-order valence-electron chi connectivity index (χ4n) is 2.25. The molecule has 0 bridgehead atoms. The van der Waals surface area contributed by atoms with Gasteiger partial charge in [0.1, 0.15) is 0 Å². The van der Waals surface area contributed by atoms with E-state index in [1.165, 1.54) is 0 Å². The number of rotatable bonds is 5. The van der Waals surface area contributed by atoms with Crippen molar-refractivity contribution in [3.8, 4) is 0 Å². The third-order valence-corrected chi connectivity index (χ3v) is 4.50. The number of thioether (sulfide) groups is 1. The van der Waals surface area contributed by atoms with Crippen LogP contribution in [0.5, 0.6) is 0 Å². The molecule has 0 aliphatic carbocycles. The van der Waals surface area contributed by atoms with E-state index in [0.717, 1.165) is 22.8 Å². The van der Waals surface area contributed by atoms with Crippen molar-refractivity contribution in [2.24, 2.45) is 0 Å². The maximum Gasteiger partial charge on any atom is 0.240 e. The van der Waals surface area contributed by atoms with Crippen LogP contribution in [0.25, 0.3) is 0 Å². The number of hydrogen-bond donors (Lipinski definition) is 2. The second kappa shape index (κ2) is 7.11. The van der Waals surface area contributed by atoms with Crippen molar-refractivity contribution < 1.29 is 9.90 Å². The van der Waals surface area contributed by atoms with Gasteiger partial charge in [0.15, 0.2) is 0 Å². The molecule has 2 rings (SSSR count). The number of likely N-dealkylation sites (N-methyl/N-ethyl adjacent to an activating group) is 1. The highest BCUT2D eigenvalue weighted by Crippen LogP contribution is 2.17. The molecule has 1 amide bonds. The Labute approximate surface area is 124 Å². The number of benzene rings is 1. The van der Waals surface area contributed by atoms with E-state index < -0.39 is 6.10 Å². The highest BCUT2D eigenvalue weighted by molar-refractivity contribution is 7.99. The molecule has 1 aromatic carbocycles. The molecular weight excluding hydrogens is 272 g/mol. The molecule has 0 aromatic heterocycles. The quantitative estimate of drug-likeness (QED) is 0.865. The van der Waals surface area contributed by atoms with Gasteiger partial charge in [-0.25, -0.2) is 0 Å². The summed E-state index contributed by atoms with van der Waals surface area (Å²) in [7, 11) is 0. The molecular formula is C15H22N2O2S. The Morgan fingerprint density at radius 2 is 2.20 bits per heavy atom. The summed E-state index contributed by atoms with van der Waals surface area (Å²) < 4.78 is 0. The topological polar surface area (TPSA) is 52.6 Å². The van der Waals surface area contributed by atoms with Crippen LogP contribution >= 0.6 is 11.8 Å². The third-order valence-electron chi connectivity index (χ3n) is 3.56. The summed E-state index contributed by atoms with van der Waals surface area (Å²) in [6.45, 7) is 4.93. The maximum absolute atomic E-state index is 12.3. The molecule has 1 aliphatic heterocycles. The van der Waals surface area contributed by atoms with Crippen LogP contribution in [0, 0.1) is 6.92 Å². The normalized spacial score (nSPS) is 19.9. The van der Waals surface area contributed by atoms with Crippen LogP contribution in [-0.4, -0.2) is 46.7 Å². The Kier molecular flexibility index (Phi) is 5.46. The van der Waals surface area contributed by atoms with Crippen molar-refractivity contribution in [2.75, 3.05) is 24.7 Å². The Bertz CT molecular complexity index is 444. The molecule has 1 aliphatic rings. The van der Waals surface area contributed by atoms with Crippen LogP contribution in [0.15, 0.2) is 24.3 Å². The average molecular weight is 294 g/mol. The summed E-state index contributed by atoms with van der Waals surface area (Å²) in [4.78, 5) is 14.1. The lowest BCUT2D eigenvalue weighted by Crippen LogP contribution is -2.46. The molecule has 2 N–H and O–H groups in total. The highest BCUT2D eigenvalue weighted by Gasteiger charge is 2.27. The summed E-state index contributed by atoms with van der Waals surface area (Å²) in [5, 5.41) is 13.5. The summed E-state index contributed by atoms with van der Waals surface area (Å²) in [5.74, 6) is 1.73. The van der Waals surface area contributed by atoms with E-state index in [-0.39, 0.29) is 11.9 Å². The molecule has 1 saturated heterocycles. The number of amides is 1. The van der Waals surface area contributed by atoms with Crippen molar-refractivity contribution in [3.63, 3.8) is 0 Å². The average Bonchev–Trinajstić information content (AvgIpc) is 2.98. The monoisotopic (exact) mass is 294 g/mol. The lowest BCUT2D eigenvalue weighted by Gasteiger charge is -2.26. The first kappa shape index (κ1) is 15.4. The van der Waals surface area contributed by atoms with E-state index in [4.69, 9.17) is 0 Å². The number of carbonyl (C=O) groups is 1. The van der Waals surface area contributed by atoms with Gasteiger partial charge in [0, 0.05) is 18.2 Å². The predicted molar refractivity (Wildman–Crippen MR) is 82.6 cm³/mol. The van der Waals surface area contributed by atoms with Crippen molar-refractivity contribution in [1.29, 1.82) is 0 Å². The molecule has 20 heavy (non-hydrogen) atoms. The zero-order chi connectivity index (χ0) is 14.5. The van der Waals surface area contributed by atoms with E-state index >= 15 is 0 Å². The molecule has 1 aromatic rings. The third kappa shape index (κ3) is 3.75. The first-order chi connectivity index (χ1) is 9.61. The molecule has 2 unspecified atom stereocenters. The van der Waals surface area contributed by atoms with Crippen molar-refractivity contribution in [2.45, 2.75) is 26.0 Å². The summed E-state index contributed by atoms with van der Waals surface area (Å²) in [6.07, 6.45) is -0.631. The largest absolute Gasteiger partial charge is 0.387 e. The first-order valence-corrected chi connectivity index (χ1v) is 8.11. The predicted octanol–water partition coefficient (Wildman–Crippen LogP) is 1.54. The van der Waals surface area contributed by atoms with Gasteiger partial charge >= 0.3 is 0 Å². The minimum absolute atomic E-state index is 0.0867. The maximum atomic E-state index is 12.3. The van der Waals surface area contributed by atoms with Crippen molar-refractivity contribution in [3.05, 3.63) is 35.4 Å². The van der Waals surface area contributed by atoms with E-state index in [0.29, 0.717) is 13.1 Å². The summed E-state index contributed by atoms with van der Waals surface area (Å²) >= 11 is 1.73. The number of hydrogen-bond acceptors (Lipinski definition) is 4. The van der Waals surface area contributed by atoms with Gasteiger partial charge in [0.25, 0.3) is 0 Å². The lowest BCUT2D eigenvalue weighted by atomic mass is 10.1. The molecule has 2 atom stereocenters. The number of aryl methyl sites for hydroxylation is 1. The summed E-state index contributed by atoms with van der Waals surface area (Å²) in [6, 6.07) is 7.69.